The maximum atomic E-state index is 9.35. The van der Waals surface area contributed by atoms with Gasteiger partial charge in [-0.15, -0.1) is 5.10 Å². The van der Waals surface area contributed by atoms with Gasteiger partial charge in [0.05, 0.1) is 5.69 Å². The van der Waals surface area contributed by atoms with Crippen molar-refractivity contribution in [3.63, 3.8) is 0 Å². The topological polar surface area (TPSA) is 56.1 Å². The number of hydrogen-bond acceptors (Lipinski definition) is 5. The van der Waals surface area contributed by atoms with Crippen LogP contribution in [0.4, 0.5) is 5.82 Å². The molecule has 1 aromatic rings. The maximum Gasteiger partial charge on any atom is 0.169 e. The third kappa shape index (κ3) is 2.54. The number of hydrogen-bond donors (Lipinski definition) is 0. The van der Waals surface area contributed by atoms with Gasteiger partial charge in [-0.2, -0.15) is 10.4 Å². The molecule has 1 aliphatic rings. The van der Waals surface area contributed by atoms with E-state index in [1.807, 2.05) is 13.8 Å². The summed E-state index contributed by atoms with van der Waals surface area (Å²) in [7, 11) is 2.14. The Balaban J connectivity index is 2.25. The molecule has 1 unspecified atom stereocenters. The Labute approximate surface area is 114 Å². The van der Waals surface area contributed by atoms with Crippen LogP contribution in [-0.4, -0.2) is 47.8 Å². The van der Waals surface area contributed by atoms with E-state index in [0.29, 0.717) is 11.6 Å². The summed E-state index contributed by atoms with van der Waals surface area (Å²) in [6.07, 6.45) is 1.11. The second-order valence-corrected chi connectivity index (χ2v) is 5.18. The number of aryl methyl sites for hydroxylation is 1. The molecule has 1 aliphatic heterocycles. The number of likely N-dealkylation sites (N-methyl/N-ethyl adjacent to an activating group) is 1. The molecular weight excluding hydrogens is 238 g/mol. The van der Waals surface area contributed by atoms with Crippen molar-refractivity contribution in [2.45, 2.75) is 33.2 Å². The Kier molecular flexibility index (Phi) is 4.01. The first-order chi connectivity index (χ1) is 9.08. The Morgan fingerprint density at radius 2 is 2.16 bits per heavy atom. The molecule has 0 aromatic carbocycles. The minimum Gasteiger partial charge on any atom is -0.352 e. The number of nitrogens with zero attached hydrogens (tertiary/aromatic N) is 5. The van der Waals surface area contributed by atoms with E-state index in [-0.39, 0.29) is 0 Å². The van der Waals surface area contributed by atoms with E-state index in [2.05, 4.69) is 40.0 Å². The van der Waals surface area contributed by atoms with Crippen molar-refractivity contribution in [3.8, 4) is 6.07 Å². The van der Waals surface area contributed by atoms with Gasteiger partial charge < -0.3 is 9.80 Å². The van der Waals surface area contributed by atoms with Gasteiger partial charge in [0.1, 0.15) is 11.6 Å². The SMILES string of the molecule is CCN(C)C1CCN(c2nnc(C)c(C)c2C#N)C1. The molecule has 0 N–H and O–H groups in total. The molecule has 5 nitrogen and oxygen atoms in total. The van der Waals surface area contributed by atoms with Crippen molar-refractivity contribution < 1.29 is 0 Å². The highest BCUT2D eigenvalue weighted by Gasteiger charge is 2.28. The van der Waals surface area contributed by atoms with Gasteiger partial charge in [-0.25, -0.2) is 0 Å². The van der Waals surface area contributed by atoms with E-state index >= 15 is 0 Å². The van der Waals surface area contributed by atoms with Crippen LogP contribution in [0.1, 0.15) is 30.2 Å². The van der Waals surface area contributed by atoms with Crippen LogP contribution in [0.15, 0.2) is 0 Å². The summed E-state index contributed by atoms with van der Waals surface area (Å²) in [6, 6.07) is 2.82. The first kappa shape index (κ1) is 13.8. The third-order valence-electron chi connectivity index (χ3n) is 4.13. The van der Waals surface area contributed by atoms with Crippen molar-refractivity contribution in [1.82, 2.24) is 15.1 Å². The highest BCUT2D eigenvalue weighted by molar-refractivity contribution is 5.58. The van der Waals surface area contributed by atoms with E-state index in [4.69, 9.17) is 0 Å². The molecular formula is C14H21N5. The molecule has 1 saturated heterocycles. The minimum atomic E-state index is 0.542. The van der Waals surface area contributed by atoms with Crippen molar-refractivity contribution in [2.24, 2.45) is 0 Å². The van der Waals surface area contributed by atoms with E-state index in [1.165, 1.54) is 0 Å². The van der Waals surface area contributed by atoms with Crippen molar-refractivity contribution in [3.05, 3.63) is 16.8 Å². The normalized spacial score (nSPS) is 18.9. The maximum absolute atomic E-state index is 9.35. The molecule has 19 heavy (non-hydrogen) atoms. The summed E-state index contributed by atoms with van der Waals surface area (Å²) in [4.78, 5) is 4.54. The quantitative estimate of drug-likeness (QED) is 0.823. The summed E-state index contributed by atoms with van der Waals surface area (Å²) in [6.45, 7) is 8.92. The van der Waals surface area contributed by atoms with Gasteiger partial charge in [0.25, 0.3) is 0 Å². The Morgan fingerprint density at radius 1 is 1.42 bits per heavy atom. The molecule has 2 heterocycles. The highest BCUT2D eigenvalue weighted by Crippen LogP contribution is 2.25. The molecule has 2 rings (SSSR count). The Hall–Kier alpha value is -1.67. The number of aromatic nitrogens is 2. The van der Waals surface area contributed by atoms with Gasteiger partial charge in [-0.3, -0.25) is 0 Å². The summed E-state index contributed by atoms with van der Waals surface area (Å²) in [5.41, 5.74) is 2.45. The van der Waals surface area contributed by atoms with E-state index in [9.17, 15) is 5.26 Å². The Bertz CT molecular complexity index is 505. The standard InChI is InChI=1S/C14H21N5/c1-5-18(4)12-6-7-19(9-12)14-13(8-15)10(2)11(3)16-17-14/h12H,5-7,9H2,1-4H3. The number of anilines is 1. The summed E-state index contributed by atoms with van der Waals surface area (Å²) in [5, 5.41) is 17.8. The van der Waals surface area contributed by atoms with Gasteiger partial charge in [0.15, 0.2) is 5.82 Å². The van der Waals surface area contributed by atoms with Crippen molar-refractivity contribution >= 4 is 5.82 Å². The van der Waals surface area contributed by atoms with Crippen molar-refractivity contribution in [2.75, 3.05) is 31.6 Å². The van der Waals surface area contributed by atoms with Crippen molar-refractivity contribution in [1.29, 1.82) is 5.26 Å². The summed E-state index contributed by atoms with van der Waals surface area (Å²) < 4.78 is 0. The molecule has 0 saturated carbocycles. The van der Waals surface area contributed by atoms with Crippen LogP contribution in [0, 0.1) is 25.2 Å². The van der Waals surface area contributed by atoms with Gasteiger partial charge in [0.2, 0.25) is 0 Å². The van der Waals surface area contributed by atoms with Crippen LogP contribution in [0.25, 0.3) is 0 Å². The second-order valence-electron chi connectivity index (χ2n) is 5.18. The summed E-state index contributed by atoms with van der Waals surface area (Å²) in [5.74, 6) is 0.748. The number of nitriles is 1. The number of rotatable bonds is 3. The van der Waals surface area contributed by atoms with Gasteiger partial charge in [-0.1, -0.05) is 6.92 Å². The fourth-order valence-electron chi connectivity index (χ4n) is 2.50. The molecule has 102 valence electrons. The predicted octanol–water partition coefficient (Wildman–Crippen LogP) is 1.50. The van der Waals surface area contributed by atoms with Crippen LogP contribution in [-0.2, 0) is 0 Å². The van der Waals surface area contributed by atoms with Crippen LogP contribution in [0.2, 0.25) is 0 Å². The molecule has 1 aromatic heterocycles. The van der Waals surface area contributed by atoms with Gasteiger partial charge in [0, 0.05) is 19.1 Å². The van der Waals surface area contributed by atoms with E-state index in [0.717, 1.165) is 43.1 Å². The predicted molar refractivity (Wildman–Crippen MR) is 75.1 cm³/mol. The van der Waals surface area contributed by atoms with Crippen LogP contribution in [0.5, 0.6) is 0 Å². The summed E-state index contributed by atoms with van der Waals surface area (Å²) >= 11 is 0. The van der Waals surface area contributed by atoms with Gasteiger partial charge >= 0.3 is 0 Å². The lowest BCUT2D eigenvalue weighted by Gasteiger charge is -2.24. The molecule has 0 aliphatic carbocycles. The van der Waals surface area contributed by atoms with Gasteiger partial charge in [-0.05, 0) is 39.4 Å². The average molecular weight is 259 g/mol. The molecule has 1 atom stereocenters. The molecule has 0 bridgehead atoms. The first-order valence-electron chi connectivity index (χ1n) is 6.77. The smallest absolute Gasteiger partial charge is 0.169 e. The zero-order valence-corrected chi connectivity index (χ0v) is 12.1. The molecule has 0 amide bonds. The monoisotopic (exact) mass is 259 g/mol. The third-order valence-corrected chi connectivity index (χ3v) is 4.13. The molecule has 0 radical (unpaired) electrons. The lowest BCUT2D eigenvalue weighted by Crippen LogP contribution is -2.34. The largest absolute Gasteiger partial charge is 0.352 e. The second kappa shape index (κ2) is 5.54. The lowest BCUT2D eigenvalue weighted by atomic mass is 10.1. The van der Waals surface area contributed by atoms with E-state index in [1.54, 1.807) is 0 Å². The molecule has 1 fully saturated rings. The van der Waals surface area contributed by atoms with E-state index < -0.39 is 0 Å². The fourth-order valence-corrected chi connectivity index (χ4v) is 2.50. The fraction of sp³-hybridized carbons (Fsp3) is 0.643. The molecule has 5 heteroatoms. The Morgan fingerprint density at radius 3 is 2.79 bits per heavy atom. The zero-order valence-electron chi connectivity index (χ0n) is 12.1. The highest BCUT2D eigenvalue weighted by atomic mass is 15.3. The first-order valence-corrected chi connectivity index (χ1v) is 6.77. The molecule has 0 spiro atoms. The average Bonchev–Trinajstić information content (AvgIpc) is 2.90. The van der Waals surface area contributed by atoms with Crippen LogP contribution >= 0.6 is 0 Å². The zero-order chi connectivity index (χ0) is 14.0. The lowest BCUT2D eigenvalue weighted by molar-refractivity contribution is 0.272. The minimum absolute atomic E-state index is 0.542. The van der Waals surface area contributed by atoms with Crippen LogP contribution < -0.4 is 4.90 Å². The van der Waals surface area contributed by atoms with Crippen LogP contribution in [0.3, 0.4) is 0 Å².